The molecule has 0 amide bonds. The van der Waals surface area contributed by atoms with Gasteiger partial charge in [0, 0.05) is 32.1 Å². The van der Waals surface area contributed by atoms with E-state index in [1.165, 1.54) is 0 Å². The van der Waals surface area contributed by atoms with E-state index >= 15 is 0 Å². The number of hydroxylamine groups is 1. The predicted molar refractivity (Wildman–Crippen MR) is 144 cm³/mol. The normalized spacial score (nSPS) is 22.6. The Hall–Kier alpha value is -2.70. The minimum absolute atomic E-state index is 0.286. The van der Waals surface area contributed by atoms with Crippen LogP contribution in [0.2, 0.25) is 15.1 Å². The largest absolute Gasteiger partial charge is 0.489 e. The fourth-order valence-electron chi connectivity index (χ4n) is 5.11. The minimum atomic E-state index is -0.918. The Kier molecular flexibility index (Phi) is 6.58. The molecule has 0 bridgehead atoms. The molecule has 3 atom stereocenters. The molecule has 1 heterocycles. The van der Waals surface area contributed by atoms with Crippen molar-refractivity contribution >= 4 is 40.8 Å². The second kappa shape index (κ2) is 9.88. The molecule has 3 unspecified atom stereocenters. The van der Waals surface area contributed by atoms with E-state index in [1.54, 1.807) is 12.1 Å². The minimum Gasteiger partial charge on any atom is -0.489 e. The van der Waals surface area contributed by atoms with Gasteiger partial charge in [0.25, 0.3) is 0 Å². The van der Waals surface area contributed by atoms with E-state index in [0.29, 0.717) is 50.7 Å². The zero-order valence-corrected chi connectivity index (χ0v) is 22.0. The summed E-state index contributed by atoms with van der Waals surface area (Å²) < 4.78 is 6.21. The Bertz CT molecular complexity index is 1380. The summed E-state index contributed by atoms with van der Waals surface area (Å²) in [6.45, 7) is 0.322. The van der Waals surface area contributed by atoms with Gasteiger partial charge in [-0.05, 0) is 78.6 Å². The number of nitrogens with one attached hydrogen (secondary N) is 1. The van der Waals surface area contributed by atoms with Gasteiger partial charge in [0.15, 0.2) is 0 Å². The Balaban J connectivity index is 1.17. The molecular formula is C29H24Cl3NO4. The van der Waals surface area contributed by atoms with Gasteiger partial charge in [-0.25, -0.2) is 4.79 Å². The maximum Gasteiger partial charge on any atom is 0.335 e. The van der Waals surface area contributed by atoms with Crippen LogP contribution in [0, 0.1) is 5.92 Å². The van der Waals surface area contributed by atoms with Crippen LogP contribution in [-0.2, 0) is 4.84 Å². The summed E-state index contributed by atoms with van der Waals surface area (Å²) in [5.74, 6) is 1.70. The zero-order valence-electron chi connectivity index (χ0n) is 19.7. The van der Waals surface area contributed by atoms with Crippen molar-refractivity contribution in [2.45, 2.75) is 37.1 Å². The van der Waals surface area contributed by atoms with Crippen molar-refractivity contribution in [3.8, 4) is 5.75 Å². The molecule has 8 heteroatoms. The summed E-state index contributed by atoms with van der Waals surface area (Å²) in [6.07, 6.45) is 3.16. The van der Waals surface area contributed by atoms with Gasteiger partial charge in [0.05, 0.1) is 11.6 Å². The number of carboxylic acids is 1. The number of benzene rings is 3. The number of ether oxygens (including phenoxy) is 1. The molecule has 2 saturated carbocycles. The smallest absolute Gasteiger partial charge is 0.335 e. The molecule has 190 valence electrons. The van der Waals surface area contributed by atoms with Crippen molar-refractivity contribution in [3.05, 3.63) is 109 Å². The summed E-state index contributed by atoms with van der Waals surface area (Å²) in [5, 5.41) is 10.9. The Morgan fingerprint density at radius 2 is 1.70 bits per heavy atom. The highest BCUT2D eigenvalue weighted by Gasteiger charge is 2.41. The van der Waals surface area contributed by atoms with Crippen molar-refractivity contribution in [3.63, 3.8) is 0 Å². The highest BCUT2D eigenvalue weighted by Crippen LogP contribution is 2.56. The van der Waals surface area contributed by atoms with Crippen LogP contribution in [0.15, 0.2) is 72.0 Å². The van der Waals surface area contributed by atoms with Crippen LogP contribution in [0.25, 0.3) is 0 Å². The van der Waals surface area contributed by atoms with Crippen molar-refractivity contribution in [1.29, 1.82) is 0 Å². The van der Waals surface area contributed by atoms with Gasteiger partial charge >= 0.3 is 5.97 Å². The molecule has 5 nitrogen and oxygen atoms in total. The number of halogens is 3. The molecule has 2 aliphatic carbocycles. The van der Waals surface area contributed by atoms with Crippen LogP contribution in [0.4, 0.5) is 0 Å². The third kappa shape index (κ3) is 4.94. The maximum atomic E-state index is 11.1. The van der Waals surface area contributed by atoms with Crippen molar-refractivity contribution in [2.24, 2.45) is 5.92 Å². The number of aromatic carboxylic acids is 1. The number of carboxylic acid groups (broad SMARTS) is 1. The molecule has 2 N–H and O–H groups in total. The molecule has 3 aromatic rings. The second-order valence-electron chi connectivity index (χ2n) is 9.80. The summed E-state index contributed by atoms with van der Waals surface area (Å²) in [5.41, 5.74) is 7.37. The van der Waals surface area contributed by atoms with E-state index in [1.807, 2.05) is 48.5 Å². The van der Waals surface area contributed by atoms with Crippen molar-refractivity contribution < 1.29 is 19.5 Å². The standard InChI is InChI=1S/C29H24Cl3NO4/c30-23-2-1-3-24(31)26(23)27-22(28(37-33-27)16-6-7-16)14-36-18-10-11-19(25(32)12-18)21-13-20(21)15-4-8-17(9-5-15)29(34)35/h1-5,8-12,16,20-21,27,33H,6-7,13-14H2,(H,34,35). The quantitative estimate of drug-likeness (QED) is 0.295. The third-order valence-corrected chi connectivity index (χ3v) is 8.32. The molecule has 0 radical (unpaired) electrons. The lowest BCUT2D eigenvalue weighted by Gasteiger charge is -2.17. The molecule has 0 spiro atoms. The van der Waals surface area contributed by atoms with Crippen LogP contribution >= 0.6 is 34.8 Å². The van der Waals surface area contributed by atoms with Gasteiger partial charge in [-0.2, -0.15) is 0 Å². The Morgan fingerprint density at radius 1 is 0.973 bits per heavy atom. The maximum absolute atomic E-state index is 11.1. The van der Waals surface area contributed by atoms with Gasteiger partial charge in [0.1, 0.15) is 18.1 Å². The zero-order chi connectivity index (χ0) is 25.7. The van der Waals surface area contributed by atoms with Gasteiger partial charge in [-0.15, -0.1) is 5.48 Å². The molecule has 37 heavy (non-hydrogen) atoms. The molecule has 6 rings (SSSR count). The first-order chi connectivity index (χ1) is 17.9. The van der Waals surface area contributed by atoms with Gasteiger partial charge in [0.2, 0.25) is 0 Å². The molecule has 1 aliphatic heterocycles. The average Bonchev–Trinajstić information content (AvgIpc) is 3.81. The average molecular weight is 557 g/mol. The summed E-state index contributed by atoms with van der Waals surface area (Å²) in [7, 11) is 0. The predicted octanol–water partition coefficient (Wildman–Crippen LogP) is 7.94. The van der Waals surface area contributed by atoms with Crippen LogP contribution in [0.1, 0.15) is 64.2 Å². The number of allylic oxidation sites excluding steroid dienone is 1. The Labute approximate surface area is 229 Å². The summed E-state index contributed by atoms with van der Waals surface area (Å²) in [4.78, 5) is 17.0. The fourth-order valence-corrected chi connectivity index (χ4v) is 6.03. The molecule has 3 aliphatic rings. The Morgan fingerprint density at radius 3 is 2.35 bits per heavy atom. The van der Waals surface area contributed by atoms with E-state index in [0.717, 1.165) is 47.3 Å². The first kappa shape index (κ1) is 24.6. The summed E-state index contributed by atoms with van der Waals surface area (Å²) in [6, 6.07) is 18.1. The van der Waals surface area contributed by atoms with E-state index in [4.69, 9.17) is 49.5 Å². The number of hydrogen-bond acceptors (Lipinski definition) is 4. The summed E-state index contributed by atoms with van der Waals surface area (Å²) >= 11 is 19.7. The van der Waals surface area contributed by atoms with E-state index in [2.05, 4.69) is 5.48 Å². The number of hydrogen-bond donors (Lipinski definition) is 2. The lowest BCUT2D eigenvalue weighted by atomic mass is 9.98. The van der Waals surface area contributed by atoms with Crippen LogP contribution in [0.3, 0.4) is 0 Å². The third-order valence-electron chi connectivity index (χ3n) is 7.33. The SMILES string of the molecule is O=C(O)c1ccc(C2CC2c2ccc(OCC3=C(C4CC4)ONC3c3c(Cl)cccc3Cl)cc2Cl)cc1. The number of carbonyl (C=O) groups is 1. The number of rotatable bonds is 8. The molecule has 0 saturated heterocycles. The van der Waals surface area contributed by atoms with Gasteiger partial charge in [-0.3, -0.25) is 0 Å². The first-order valence-electron chi connectivity index (χ1n) is 12.3. The topological polar surface area (TPSA) is 67.8 Å². The van der Waals surface area contributed by atoms with Crippen LogP contribution in [-0.4, -0.2) is 17.7 Å². The lowest BCUT2D eigenvalue weighted by Crippen LogP contribution is -2.19. The molecule has 2 fully saturated rings. The molecule has 3 aromatic carbocycles. The van der Waals surface area contributed by atoms with Crippen molar-refractivity contribution in [2.75, 3.05) is 6.61 Å². The van der Waals surface area contributed by atoms with Gasteiger partial charge < -0.3 is 14.7 Å². The highest BCUT2D eigenvalue weighted by atomic mass is 35.5. The van der Waals surface area contributed by atoms with Crippen LogP contribution in [0.5, 0.6) is 5.75 Å². The van der Waals surface area contributed by atoms with Crippen molar-refractivity contribution in [1.82, 2.24) is 5.48 Å². The first-order valence-corrected chi connectivity index (χ1v) is 13.4. The fraction of sp³-hybridized carbons (Fsp3) is 0.276. The van der Waals surface area contributed by atoms with E-state index < -0.39 is 5.97 Å². The lowest BCUT2D eigenvalue weighted by molar-refractivity contribution is 0.0697. The molecular weight excluding hydrogens is 533 g/mol. The van der Waals surface area contributed by atoms with E-state index in [-0.39, 0.29) is 6.04 Å². The second-order valence-corrected chi connectivity index (χ2v) is 11.0. The molecule has 0 aromatic heterocycles. The van der Waals surface area contributed by atoms with Crippen LogP contribution < -0.4 is 10.2 Å². The van der Waals surface area contributed by atoms with Gasteiger partial charge in [-0.1, -0.05) is 59.1 Å². The monoisotopic (exact) mass is 555 g/mol. The van der Waals surface area contributed by atoms with E-state index in [9.17, 15) is 4.79 Å². The highest BCUT2D eigenvalue weighted by molar-refractivity contribution is 6.36.